The molecule has 3 unspecified atom stereocenters. The number of hydrogen-bond acceptors (Lipinski definition) is 4. The highest BCUT2D eigenvalue weighted by atomic mass is 35.5. The Morgan fingerprint density at radius 1 is 1.24 bits per heavy atom. The quantitative estimate of drug-likeness (QED) is 0.546. The van der Waals surface area contributed by atoms with Gasteiger partial charge in [0.15, 0.2) is 0 Å². The summed E-state index contributed by atoms with van der Waals surface area (Å²) in [5, 5.41) is 6.24. The molecule has 1 heterocycles. The highest BCUT2D eigenvalue weighted by molar-refractivity contribution is 7.98. The summed E-state index contributed by atoms with van der Waals surface area (Å²) in [6, 6.07) is 6.33. The number of likely N-dealkylation sites (tertiary alicyclic amines) is 1. The van der Waals surface area contributed by atoms with E-state index in [-0.39, 0.29) is 11.8 Å². The number of halogens is 1. The fraction of sp³-hybridized carbons (Fsp3) is 0.636. The van der Waals surface area contributed by atoms with E-state index in [0.29, 0.717) is 23.6 Å². The summed E-state index contributed by atoms with van der Waals surface area (Å²) in [6.07, 6.45) is 4.80. The largest absolute Gasteiger partial charge is 0.354 e. The minimum Gasteiger partial charge on any atom is -0.354 e. The smallest absolute Gasteiger partial charge is 0.253 e. The Hall–Kier alpha value is -1.24. The van der Waals surface area contributed by atoms with Crippen LogP contribution < -0.4 is 10.6 Å². The lowest BCUT2D eigenvalue weighted by Gasteiger charge is -2.35. The van der Waals surface area contributed by atoms with Gasteiger partial charge in [0.1, 0.15) is 6.04 Å². The van der Waals surface area contributed by atoms with E-state index in [0.717, 1.165) is 43.6 Å². The van der Waals surface area contributed by atoms with Crippen molar-refractivity contribution in [1.82, 2.24) is 15.5 Å². The van der Waals surface area contributed by atoms with Crippen LogP contribution >= 0.6 is 23.4 Å². The number of carbonyl (C=O) groups is 2. The van der Waals surface area contributed by atoms with Gasteiger partial charge in [0.2, 0.25) is 5.91 Å². The molecule has 1 aromatic rings. The number of carbonyl (C=O) groups excluding carboxylic acids is 2. The van der Waals surface area contributed by atoms with Crippen LogP contribution in [0.15, 0.2) is 24.3 Å². The van der Waals surface area contributed by atoms with Crippen molar-refractivity contribution in [2.24, 2.45) is 11.8 Å². The van der Waals surface area contributed by atoms with E-state index >= 15 is 0 Å². The van der Waals surface area contributed by atoms with Crippen molar-refractivity contribution in [2.45, 2.75) is 39.2 Å². The molecule has 0 saturated carbocycles. The molecule has 1 aliphatic rings. The van der Waals surface area contributed by atoms with E-state index in [1.165, 1.54) is 6.42 Å². The first kappa shape index (κ1) is 24.0. The van der Waals surface area contributed by atoms with E-state index in [9.17, 15) is 9.59 Å². The van der Waals surface area contributed by atoms with Gasteiger partial charge in [-0.25, -0.2) is 0 Å². The first-order chi connectivity index (χ1) is 13.9. The Labute approximate surface area is 184 Å². The molecule has 1 aromatic carbocycles. The van der Waals surface area contributed by atoms with Crippen LogP contribution in [0.5, 0.6) is 0 Å². The number of piperidine rings is 1. The monoisotopic (exact) mass is 439 g/mol. The topological polar surface area (TPSA) is 61.4 Å². The molecule has 0 bridgehead atoms. The van der Waals surface area contributed by atoms with Crippen molar-refractivity contribution < 1.29 is 9.59 Å². The summed E-state index contributed by atoms with van der Waals surface area (Å²) in [7, 11) is 0. The number of hydrogen-bond donors (Lipinski definition) is 2. The normalized spacial score (nSPS) is 20.8. The van der Waals surface area contributed by atoms with Gasteiger partial charge in [-0.15, -0.1) is 0 Å². The average Bonchev–Trinajstić information content (AvgIpc) is 2.67. The standard InChI is InChI=1S/C22H34ClN3O2S/c1-16-13-17(2)15-26(14-16)11-6-10-24-22(28)20(9-12-29-3)25-21(27)18-7-4-5-8-19(18)23/h4-5,7-8,16-17,20H,6,9-15H2,1-3H3,(H,24,28)(H,25,27). The van der Waals surface area contributed by atoms with Crippen LogP contribution in [0.25, 0.3) is 0 Å². The number of benzene rings is 1. The molecule has 0 spiro atoms. The third-order valence-corrected chi connectivity index (χ3v) is 6.22. The van der Waals surface area contributed by atoms with Crippen molar-refractivity contribution >= 4 is 35.2 Å². The van der Waals surface area contributed by atoms with Crippen molar-refractivity contribution in [3.8, 4) is 0 Å². The molecule has 1 saturated heterocycles. The highest BCUT2D eigenvalue weighted by Crippen LogP contribution is 2.20. The lowest BCUT2D eigenvalue weighted by atomic mass is 9.92. The van der Waals surface area contributed by atoms with Gasteiger partial charge < -0.3 is 15.5 Å². The van der Waals surface area contributed by atoms with Crippen LogP contribution in [-0.4, -0.2) is 60.9 Å². The maximum Gasteiger partial charge on any atom is 0.253 e. The SMILES string of the molecule is CSCCC(NC(=O)c1ccccc1Cl)C(=O)NCCCN1CC(C)CC(C)C1. The van der Waals surface area contributed by atoms with Crippen LogP contribution in [0.2, 0.25) is 5.02 Å². The maximum absolute atomic E-state index is 12.7. The lowest BCUT2D eigenvalue weighted by molar-refractivity contribution is -0.123. The van der Waals surface area contributed by atoms with E-state index in [1.54, 1.807) is 36.0 Å². The van der Waals surface area contributed by atoms with Gasteiger partial charge in [0.25, 0.3) is 5.91 Å². The zero-order chi connectivity index (χ0) is 21.2. The molecule has 2 amide bonds. The molecule has 29 heavy (non-hydrogen) atoms. The lowest BCUT2D eigenvalue weighted by Crippen LogP contribution is -2.47. The second-order valence-electron chi connectivity index (χ2n) is 8.14. The van der Waals surface area contributed by atoms with E-state index < -0.39 is 6.04 Å². The predicted octanol–water partition coefficient (Wildman–Crippen LogP) is 3.68. The Kier molecular flexibility index (Phi) is 10.3. The van der Waals surface area contributed by atoms with Crippen LogP contribution in [0, 0.1) is 11.8 Å². The third kappa shape index (κ3) is 8.19. The Morgan fingerprint density at radius 2 is 1.93 bits per heavy atom. The minimum atomic E-state index is -0.554. The van der Waals surface area contributed by atoms with Gasteiger partial charge in [-0.3, -0.25) is 9.59 Å². The number of rotatable bonds is 10. The molecule has 7 heteroatoms. The molecule has 2 rings (SSSR count). The summed E-state index contributed by atoms with van der Waals surface area (Å²) in [5.74, 6) is 1.84. The first-order valence-corrected chi connectivity index (χ1v) is 12.2. The summed E-state index contributed by atoms with van der Waals surface area (Å²) >= 11 is 7.77. The molecular weight excluding hydrogens is 406 g/mol. The number of thioether (sulfide) groups is 1. The molecule has 5 nitrogen and oxygen atoms in total. The second kappa shape index (κ2) is 12.5. The summed E-state index contributed by atoms with van der Waals surface area (Å²) < 4.78 is 0. The zero-order valence-electron chi connectivity index (χ0n) is 17.7. The Balaban J connectivity index is 1.81. The Bertz CT molecular complexity index is 663. The number of nitrogens with zero attached hydrogens (tertiary/aromatic N) is 1. The van der Waals surface area contributed by atoms with E-state index in [2.05, 4.69) is 29.4 Å². The third-order valence-electron chi connectivity index (χ3n) is 5.25. The summed E-state index contributed by atoms with van der Waals surface area (Å²) in [4.78, 5) is 27.7. The molecule has 2 N–H and O–H groups in total. The molecule has 0 radical (unpaired) electrons. The van der Waals surface area contributed by atoms with Crippen molar-refractivity contribution in [3.05, 3.63) is 34.9 Å². The summed E-state index contributed by atoms with van der Waals surface area (Å²) in [5.41, 5.74) is 0.393. The van der Waals surface area contributed by atoms with Crippen LogP contribution in [0.1, 0.15) is 43.5 Å². The van der Waals surface area contributed by atoms with Crippen LogP contribution in [0.3, 0.4) is 0 Å². The van der Waals surface area contributed by atoms with Gasteiger partial charge >= 0.3 is 0 Å². The highest BCUT2D eigenvalue weighted by Gasteiger charge is 2.23. The minimum absolute atomic E-state index is 0.125. The predicted molar refractivity (Wildman–Crippen MR) is 123 cm³/mol. The Morgan fingerprint density at radius 3 is 2.59 bits per heavy atom. The molecule has 0 aromatic heterocycles. The fourth-order valence-corrected chi connectivity index (χ4v) is 4.69. The van der Waals surface area contributed by atoms with Crippen LogP contribution in [-0.2, 0) is 4.79 Å². The average molecular weight is 440 g/mol. The van der Waals surface area contributed by atoms with Gasteiger partial charge in [-0.2, -0.15) is 11.8 Å². The van der Waals surface area contributed by atoms with Crippen LogP contribution in [0.4, 0.5) is 0 Å². The molecule has 0 aliphatic carbocycles. The molecule has 1 aliphatic heterocycles. The zero-order valence-corrected chi connectivity index (χ0v) is 19.3. The molecule has 162 valence electrons. The second-order valence-corrected chi connectivity index (χ2v) is 9.53. The van der Waals surface area contributed by atoms with Crippen molar-refractivity contribution in [1.29, 1.82) is 0 Å². The molecular formula is C22H34ClN3O2S. The van der Waals surface area contributed by atoms with Gasteiger partial charge in [-0.05, 0) is 61.8 Å². The number of amides is 2. The number of nitrogens with one attached hydrogen (secondary N) is 2. The van der Waals surface area contributed by atoms with E-state index in [4.69, 9.17) is 11.6 Å². The molecule has 1 fully saturated rings. The summed E-state index contributed by atoms with van der Waals surface area (Å²) in [6.45, 7) is 8.52. The molecule has 3 atom stereocenters. The van der Waals surface area contributed by atoms with Gasteiger partial charge in [0.05, 0.1) is 10.6 Å². The fourth-order valence-electron chi connectivity index (χ4n) is 4.00. The van der Waals surface area contributed by atoms with E-state index in [1.807, 2.05) is 6.26 Å². The van der Waals surface area contributed by atoms with Gasteiger partial charge in [0, 0.05) is 19.6 Å². The first-order valence-electron chi connectivity index (χ1n) is 10.4. The van der Waals surface area contributed by atoms with Crippen molar-refractivity contribution in [3.63, 3.8) is 0 Å². The maximum atomic E-state index is 12.7. The van der Waals surface area contributed by atoms with Gasteiger partial charge in [-0.1, -0.05) is 37.6 Å². The van der Waals surface area contributed by atoms with Crippen molar-refractivity contribution in [2.75, 3.05) is 38.2 Å².